The van der Waals surface area contributed by atoms with E-state index in [0.717, 1.165) is 31.6 Å². The third-order valence-electron chi connectivity index (χ3n) is 3.80. The summed E-state index contributed by atoms with van der Waals surface area (Å²) in [5.74, 6) is -2.14. The van der Waals surface area contributed by atoms with Gasteiger partial charge in [0.1, 0.15) is 23.0 Å². The molecule has 1 amide bonds. The summed E-state index contributed by atoms with van der Waals surface area (Å²) in [4.78, 5) is 20.6. The number of benzene rings is 1. The highest BCUT2D eigenvalue weighted by Gasteiger charge is 2.18. The number of aromatic nitrogens is 2. The highest BCUT2D eigenvalue weighted by molar-refractivity contribution is 6.03. The number of nitrogens with one attached hydrogen (secondary N) is 2. The van der Waals surface area contributed by atoms with E-state index >= 15 is 0 Å². The first-order valence-electron chi connectivity index (χ1n) is 7.99. The maximum Gasteiger partial charge on any atom is 0.274 e. The van der Waals surface area contributed by atoms with Gasteiger partial charge in [0.15, 0.2) is 0 Å². The van der Waals surface area contributed by atoms with Gasteiger partial charge in [0.25, 0.3) is 5.91 Å². The molecule has 1 aliphatic rings. The molecule has 1 atom stereocenters. The molecule has 3 rings (SSSR count). The molecule has 25 heavy (non-hydrogen) atoms. The third-order valence-corrected chi connectivity index (χ3v) is 3.80. The number of ether oxygens (including phenoxy) is 1. The Labute approximate surface area is 143 Å². The van der Waals surface area contributed by atoms with E-state index in [4.69, 9.17) is 4.74 Å². The average Bonchev–Trinajstić information content (AvgIpc) is 3.09. The Balaban J connectivity index is 1.73. The Kier molecular flexibility index (Phi) is 5.18. The SMILES string of the molecule is Cc1cc(C(=O)Nc2c(F)cccc2F)nc(NCC2CCCO2)n1. The van der Waals surface area contributed by atoms with Crippen molar-refractivity contribution in [2.75, 3.05) is 23.8 Å². The molecule has 0 aliphatic carbocycles. The number of rotatable bonds is 5. The van der Waals surface area contributed by atoms with E-state index in [0.29, 0.717) is 12.2 Å². The maximum atomic E-state index is 13.7. The van der Waals surface area contributed by atoms with Crippen molar-refractivity contribution in [1.82, 2.24) is 9.97 Å². The lowest BCUT2D eigenvalue weighted by atomic mass is 10.2. The molecule has 0 bridgehead atoms. The minimum atomic E-state index is -0.851. The summed E-state index contributed by atoms with van der Waals surface area (Å²) in [6.45, 7) is 2.98. The van der Waals surface area contributed by atoms with Crippen LogP contribution in [0.1, 0.15) is 29.0 Å². The predicted molar refractivity (Wildman–Crippen MR) is 88.5 cm³/mol. The lowest BCUT2D eigenvalue weighted by Gasteiger charge is -2.12. The highest BCUT2D eigenvalue weighted by Crippen LogP contribution is 2.19. The lowest BCUT2D eigenvalue weighted by Crippen LogP contribution is -2.21. The fourth-order valence-corrected chi connectivity index (χ4v) is 2.57. The zero-order chi connectivity index (χ0) is 17.8. The van der Waals surface area contributed by atoms with Crippen LogP contribution in [0.5, 0.6) is 0 Å². The summed E-state index contributed by atoms with van der Waals surface area (Å²) in [7, 11) is 0. The van der Waals surface area contributed by atoms with Gasteiger partial charge in [-0.1, -0.05) is 6.07 Å². The van der Waals surface area contributed by atoms with E-state index in [-0.39, 0.29) is 17.7 Å². The van der Waals surface area contributed by atoms with Gasteiger partial charge in [-0.25, -0.2) is 18.7 Å². The van der Waals surface area contributed by atoms with E-state index in [9.17, 15) is 13.6 Å². The Morgan fingerprint density at radius 1 is 1.32 bits per heavy atom. The number of anilines is 2. The smallest absolute Gasteiger partial charge is 0.274 e. The molecule has 0 saturated carbocycles. The van der Waals surface area contributed by atoms with Gasteiger partial charge in [0, 0.05) is 18.8 Å². The molecule has 0 spiro atoms. The topological polar surface area (TPSA) is 76.1 Å². The van der Waals surface area contributed by atoms with E-state index in [1.807, 2.05) is 0 Å². The number of amides is 1. The van der Waals surface area contributed by atoms with Gasteiger partial charge < -0.3 is 15.4 Å². The molecule has 1 aromatic heterocycles. The molecule has 1 saturated heterocycles. The van der Waals surface area contributed by atoms with Crippen molar-refractivity contribution in [2.45, 2.75) is 25.9 Å². The fourth-order valence-electron chi connectivity index (χ4n) is 2.57. The van der Waals surface area contributed by atoms with Crippen LogP contribution in [0.4, 0.5) is 20.4 Å². The highest BCUT2D eigenvalue weighted by atomic mass is 19.1. The number of aryl methyl sites for hydroxylation is 1. The second-order valence-corrected chi connectivity index (χ2v) is 5.78. The largest absolute Gasteiger partial charge is 0.376 e. The van der Waals surface area contributed by atoms with E-state index in [1.54, 1.807) is 6.92 Å². The van der Waals surface area contributed by atoms with Crippen LogP contribution in [-0.4, -0.2) is 35.1 Å². The number of halogens is 2. The van der Waals surface area contributed by atoms with Crippen molar-refractivity contribution < 1.29 is 18.3 Å². The normalized spacial score (nSPS) is 16.7. The van der Waals surface area contributed by atoms with Crippen molar-refractivity contribution in [3.05, 3.63) is 47.3 Å². The number of hydrogen-bond acceptors (Lipinski definition) is 5. The zero-order valence-electron chi connectivity index (χ0n) is 13.7. The second-order valence-electron chi connectivity index (χ2n) is 5.78. The molecule has 8 heteroatoms. The third kappa shape index (κ3) is 4.27. The Morgan fingerprint density at radius 3 is 2.76 bits per heavy atom. The minimum Gasteiger partial charge on any atom is -0.376 e. The zero-order valence-corrected chi connectivity index (χ0v) is 13.7. The maximum absolute atomic E-state index is 13.7. The van der Waals surface area contributed by atoms with Crippen molar-refractivity contribution in [2.24, 2.45) is 0 Å². The molecule has 2 N–H and O–H groups in total. The summed E-state index contributed by atoms with van der Waals surface area (Å²) >= 11 is 0. The summed E-state index contributed by atoms with van der Waals surface area (Å²) < 4.78 is 32.8. The van der Waals surface area contributed by atoms with Crippen molar-refractivity contribution in [1.29, 1.82) is 0 Å². The van der Waals surface area contributed by atoms with Crippen molar-refractivity contribution in [3.63, 3.8) is 0 Å². The monoisotopic (exact) mass is 348 g/mol. The van der Waals surface area contributed by atoms with Crippen LogP contribution in [0.25, 0.3) is 0 Å². The summed E-state index contributed by atoms with van der Waals surface area (Å²) in [6, 6.07) is 4.81. The van der Waals surface area contributed by atoms with Crippen LogP contribution < -0.4 is 10.6 Å². The standard InChI is InChI=1S/C17H18F2N4O2/c1-10-8-14(16(24)23-15-12(18)5-2-6-13(15)19)22-17(21-10)20-9-11-4-3-7-25-11/h2,5-6,8,11H,3-4,7,9H2,1H3,(H,23,24)(H,20,21,22). The number of nitrogens with zero attached hydrogens (tertiary/aromatic N) is 2. The lowest BCUT2D eigenvalue weighted by molar-refractivity contribution is 0.102. The molecule has 132 valence electrons. The molecule has 2 heterocycles. The van der Waals surface area contributed by atoms with Gasteiger partial charge in [0.2, 0.25) is 5.95 Å². The Bertz CT molecular complexity index is 759. The van der Waals surface area contributed by atoms with Crippen molar-refractivity contribution >= 4 is 17.5 Å². The van der Waals surface area contributed by atoms with Crippen molar-refractivity contribution in [3.8, 4) is 0 Å². The molecule has 6 nitrogen and oxygen atoms in total. The first kappa shape index (κ1) is 17.2. The van der Waals surface area contributed by atoms with Gasteiger partial charge in [-0.3, -0.25) is 4.79 Å². The summed E-state index contributed by atoms with van der Waals surface area (Å²) in [6.07, 6.45) is 2.07. The van der Waals surface area contributed by atoms with Crippen LogP contribution >= 0.6 is 0 Å². The van der Waals surface area contributed by atoms with Gasteiger partial charge in [-0.05, 0) is 38.0 Å². The predicted octanol–water partition coefficient (Wildman–Crippen LogP) is 2.91. The van der Waals surface area contributed by atoms with Crippen LogP contribution in [-0.2, 0) is 4.74 Å². The first-order chi connectivity index (χ1) is 12.0. The fraction of sp³-hybridized carbons (Fsp3) is 0.353. The van der Waals surface area contributed by atoms with Crippen LogP contribution in [0.2, 0.25) is 0 Å². The van der Waals surface area contributed by atoms with Crippen LogP contribution in [0.3, 0.4) is 0 Å². The molecule has 2 aromatic rings. The average molecular weight is 348 g/mol. The quantitative estimate of drug-likeness (QED) is 0.869. The van der Waals surface area contributed by atoms with E-state index in [1.165, 1.54) is 12.1 Å². The number of carbonyl (C=O) groups is 1. The van der Waals surface area contributed by atoms with E-state index < -0.39 is 23.2 Å². The molecular weight excluding hydrogens is 330 g/mol. The minimum absolute atomic E-state index is 0.0185. The van der Waals surface area contributed by atoms with Crippen LogP contribution in [0, 0.1) is 18.6 Å². The van der Waals surface area contributed by atoms with Gasteiger partial charge >= 0.3 is 0 Å². The summed E-state index contributed by atoms with van der Waals surface area (Å²) in [5, 5.41) is 5.25. The molecule has 1 unspecified atom stereocenters. The second kappa shape index (κ2) is 7.52. The van der Waals surface area contributed by atoms with Gasteiger partial charge in [-0.15, -0.1) is 0 Å². The first-order valence-corrected chi connectivity index (χ1v) is 7.99. The molecule has 1 aliphatic heterocycles. The van der Waals surface area contributed by atoms with Crippen LogP contribution in [0.15, 0.2) is 24.3 Å². The molecular formula is C17H18F2N4O2. The number of carbonyl (C=O) groups excluding carboxylic acids is 1. The molecule has 0 radical (unpaired) electrons. The Morgan fingerprint density at radius 2 is 2.08 bits per heavy atom. The van der Waals surface area contributed by atoms with Gasteiger partial charge in [0.05, 0.1) is 6.10 Å². The number of hydrogen-bond donors (Lipinski definition) is 2. The molecule has 1 fully saturated rings. The van der Waals surface area contributed by atoms with E-state index in [2.05, 4.69) is 20.6 Å². The number of para-hydroxylation sites is 1. The Hall–Kier alpha value is -2.61. The van der Waals surface area contributed by atoms with Gasteiger partial charge in [-0.2, -0.15) is 0 Å². The summed E-state index contributed by atoms with van der Waals surface area (Å²) in [5.41, 5.74) is 0.0756. The molecule has 1 aromatic carbocycles.